The van der Waals surface area contributed by atoms with E-state index in [0.29, 0.717) is 11.3 Å². The number of para-hydroxylation sites is 2. The summed E-state index contributed by atoms with van der Waals surface area (Å²) in [5.74, 6) is 0. The standard InChI is InChI=1S/C21H26N6O2/c1-20(2,3)25-17-9-7-8-10-18(17)26(21(4,5)6)19(25)23-24-22-15-11-13-16(14-12-15)27(28)29/h7-14H,1-6H3. The second-order valence-electron chi connectivity index (χ2n) is 8.86. The molecule has 1 heterocycles. The SMILES string of the molecule is CC(C)(C)n1c(=NN=Nc2ccc([N+](=O)[O-])cc2)n(C(C)(C)C)c2ccccc21. The first-order chi connectivity index (χ1) is 13.5. The fraction of sp³-hybridized carbons (Fsp3) is 0.381. The maximum atomic E-state index is 10.8. The molecule has 3 rings (SSSR count). The van der Waals surface area contributed by atoms with Crippen molar-refractivity contribution in [2.45, 2.75) is 52.6 Å². The third-order valence-corrected chi connectivity index (χ3v) is 4.46. The monoisotopic (exact) mass is 394 g/mol. The van der Waals surface area contributed by atoms with Crippen molar-refractivity contribution in [2.75, 3.05) is 0 Å². The molecule has 0 spiro atoms. The minimum Gasteiger partial charge on any atom is -0.303 e. The Bertz CT molecular complexity index is 1090. The molecule has 0 unspecified atom stereocenters. The normalized spacial score (nSPS) is 12.6. The Morgan fingerprint density at radius 2 is 1.31 bits per heavy atom. The average molecular weight is 394 g/mol. The van der Waals surface area contributed by atoms with Gasteiger partial charge < -0.3 is 9.13 Å². The zero-order valence-corrected chi connectivity index (χ0v) is 17.6. The number of nitro benzene ring substituents is 1. The van der Waals surface area contributed by atoms with Gasteiger partial charge in [-0.05, 0) is 71.0 Å². The van der Waals surface area contributed by atoms with E-state index in [9.17, 15) is 10.1 Å². The minimum absolute atomic E-state index is 0.0133. The van der Waals surface area contributed by atoms with Gasteiger partial charge in [0.15, 0.2) is 0 Å². The fourth-order valence-corrected chi connectivity index (χ4v) is 3.32. The zero-order valence-electron chi connectivity index (χ0n) is 17.6. The fourth-order valence-electron chi connectivity index (χ4n) is 3.32. The number of benzene rings is 2. The molecule has 8 heteroatoms. The van der Waals surface area contributed by atoms with Crippen LogP contribution in [0.1, 0.15) is 41.5 Å². The Morgan fingerprint density at radius 3 is 1.72 bits per heavy atom. The molecule has 0 aliphatic carbocycles. The first-order valence-electron chi connectivity index (χ1n) is 9.43. The second-order valence-corrected chi connectivity index (χ2v) is 8.86. The van der Waals surface area contributed by atoms with Crippen LogP contribution in [0.15, 0.2) is 64.0 Å². The van der Waals surface area contributed by atoms with E-state index in [0.717, 1.165) is 11.0 Å². The van der Waals surface area contributed by atoms with Crippen molar-refractivity contribution in [1.29, 1.82) is 0 Å². The topological polar surface area (TPSA) is 90.1 Å². The van der Waals surface area contributed by atoms with Gasteiger partial charge >= 0.3 is 0 Å². The molecule has 3 aromatic rings. The lowest BCUT2D eigenvalue weighted by Crippen LogP contribution is -2.40. The Morgan fingerprint density at radius 1 is 0.828 bits per heavy atom. The highest BCUT2D eigenvalue weighted by Gasteiger charge is 2.26. The van der Waals surface area contributed by atoms with E-state index in [-0.39, 0.29) is 16.8 Å². The number of fused-ring (bicyclic) bond motifs is 1. The maximum absolute atomic E-state index is 10.8. The molecule has 0 radical (unpaired) electrons. The molecule has 0 aliphatic rings. The van der Waals surface area contributed by atoms with Crippen molar-refractivity contribution in [2.24, 2.45) is 15.4 Å². The van der Waals surface area contributed by atoms with Crippen molar-refractivity contribution in [3.05, 3.63) is 64.3 Å². The number of hydrogen-bond donors (Lipinski definition) is 0. The Kier molecular flexibility index (Phi) is 5.13. The van der Waals surface area contributed by atoms with Crippen molar-refractivity contribution >= 4 is 22.4 Å². The molecule has 0 bridgehead atoms. The molecule has 0 atom stereocenters. The molecule has 0 saturated carbocycles. The summed E-state index contributed by atoms with van der Waals surface area (Å²) in [6.45, 7) is 12.7. The summed E-state index contributed by atoms with van der Waals surface area (Å²) in [5, 5.41) is 23.5. The van der Waals surface area contributed by atoms with Crippen molar-refractivity contribution in [3.63, 3.8) is 0 Å². The van der Waals surface area contributed by atoms with E-state index in [2.05, 4.69) is 78.2 Å². The summed E-state index contributed by atoms with van der Waals surface area (Å²) in [6, 6.07) is 14.1. The smallest absolute Gasteiger partial charge is 0.269 e. The van der Waals surface area contributed by atoms with Gasteiger partial charge in [0.2, 0.25) is 5.62 Å². The number of nitro groups is 1. The predicted octanol–water partition coefficient (Wildman–Crippen LogP) is 5.46. The third kappa shape index (κ3) is 4.11. The molecule has 0 fully saturated rings. The van der Waals surface area contributed by atoms with Gasteiger partial charge in [-0.2, -0.15) is 0 Å². The molecule has 2 aromatic carbocycles. The lowest BCUT2D eigenvalue weighted by Gasteiger charge is -2.24. The molecule has 0 saturated heterocycles. The van der Waals surface area contributed by atoms with Crippen LogP contribution >= 0.6 is 0 Å². The summed E-state index contributed by atoms with van der Waals surface area (Å²) in [5.41, 5.74) is 2.89. The minimum atomic E-state index is -0.445. The van der Waals surface area contributed by atoms with Crippen molar-refractivity contribution < 1.29 is 4.92 Å². The van der Waals surface area contributed by atoms with E-state index in [1.54, 1.807) is 12.1 Å². The highest BCUT2D eigenvalue weighted by Crippen LogP contribution is 2.25. The summed E-state index contributed by atoms with van der Waals surface area (Å²) in [4.78, 5) is 10.3. The third-order valence-electron chi connectivity index (χ3n) is 4.46. The van der Waals surface area contributed by atoms with E-state index in [4.69, 9.17) is 0 Å². The number of imidazole rings is 1. The second kappa shape index (κ2) is 7.27. The Hall–Kier alpha value is -3.29. The first kappa shape index (κ1) is 20.4. The molecule has 1 aromatic heterocycles. The van der Waals surface area contributed by atoms with Crippen molar-refractivity contribution in [3.8, 4) is 0 Å². The van der Waals surface area contributed by atoms with Crippen LogP contribution in [0.2, 0.25) is 0 Å². The van der Waals surface area contributed by atoms with Gasteiger partial charge in [0.1, 0.15) is 0 Å². The van der Waals surface area contributed by atoms with E-state index in [1.165, 1.54) is 12.1 Å². The number of aromatic nitrogens is 2. The summed E-state index contributed by atoms with van der Waals surface area (Å²) >= 11 is 0. The van der Waals surface area contributed by atoms with Gasteiger partial charge in [-0.3, -0.25) is 10.1 Å². The average Bonchev–Trinajstić information content (AvgIpc) is 2.96. The van der Waals surface area contributed by atoms with Crippen LogP contribution in [0, 0.1) is 10.1 Å². The highest BCUT2D eigenvalue weighted by molar-refractivity contribution is 5.76. The van der Waals surface area contributed by atoms with Crippen LogP contribution in [-0.4, -0.2) is 14.1 Å². The van der Waals surface area contributed by atoms with Gasteiger partial charge in [0.25, 0.3) is 5.69 Å². The number of hydrogen-bond acceptors (Lipinski definition) is 4. The van der Waals surface area contributed by atoms with Crippen molar-refractivity contribution in [1.82, 2.24) is 9.13 Å². The molecule has 152 valence electrons. The first-order valence-corrected chi connectivity index (χ1v) is 9.43. The lowest BCUT2D eigenvalue weighted by molar-refractivity contribution is -0.384. The quantitative estimate of drug-likeness (QED) is 0.335. The van der Waals surface area contributed by atoms with E-state index >= 15 is 0 Å². The molecule has 0 amide bonds. The molecular weight excluding hydrogens is 368 g/mol. The molecule has 0 aliphatic heterocycles. The van der Waals surface area contributed by atoms with Crippen LogP contribution in [0.25, 0.3) is 11.0 Å². The summed E-state index contributed by atoms with van der Waals surface area (Å²) in [6.07, 6.45) is 0. The molecular formula is C21H26N6O2. The van der Waals surface area contributed by atoms with Gasteiger partial charge in [-0.1, -0.05) is 17.2 Å². The lowest BCUT2D eigenvalue weighted by atomic mass is 10.1. The Balaban J connectivity index is 2.20. The summed E-state index contributed by atoms with van der Waals surface area (Å²) in [7, 11) is 0. The summed E-state index contributed by atoms with van der Waals surface area (Å²) < 4.78 is 4.31. The highest BCUT2D eigenvalue weighted by atomic mass is 16.6. The zero-order chi connectivity index (χ0) is 21.4. The number of rotatable bonds is 3. The number of nitrogens with zero attached hydrogens (tertiary/aromatic N) is 6. The maximum Gasteiger partial charge on any atom is 0.269 e. The molecule has 29 heavy (non-hydrogen) atoms. The van der Waals surface area contributed by atoms with Gasteiger partial charge in [0.05, 0.1) is 21.6 Å². The van der Waals surface area contributed by atoms with Crippen LogP contribution in [0.3, 0.4) is 0 Å². The molecule has 0 N–H and O–H groups in total. The van der Waals surface area contributed by atoms with Crippen LogP contribution in [0.5, 0.6) is 0 Å². The Labute approximate surface area is 169 Å². The van der Waals surface area contributed by atoms with E-state index in [1.807, 2.05) is 12.1 Å². The predicted molar refractivity (Wildman–Crippen MR) is 113 cm³/mol. The molecule has 8 nitrogen and oxygen atoms in total. The van der Waals surface area contributed by atoms with Crippen LogP contribution < -0.4 is 5.62 Å². The van der Waals surface area contributed by atoms with Crippen LogP contribution in [0.4, 0.5) is 11.4 Å². The van der Waals surface area contributed by atoms with E-state index < -0.39 is 4.92 Å². The van der Waals surface area contributed by atoms with Crippen LogP contribution in [-0.2, 0) is 11.1 Å². The van der Waals surface area contributed by atoms with Gasteiger partial charge in [-0.25, -0.2) is 0 Å². The largest absolute Gasteiger partial charge is 0.303 e. The van der Waals surface area contributed by atoms with Gasteiger partial charge in [0, 0.05) is 23.2 Å². The van der Waals surface area contributed by atoms with Gasteiger partial charge in [-0.15, -0.1) is 5.11 Å². The number of non-ortho nitro benzene ring substituents is 1.